The van der Waals surface area contributed by atoms with Crippen molar-refractivity contribution < 1.29 is 14.3 Å². The Labute approximate surface area is 167 Å². The van der Waals surface area contributed by atoms with Crippen LogP contribution in [0.25, 0.3) is 10.2 Å². The third-order valence-corrected chi connectivity index (χ3v) is 6.21. The summed E-state index contributed by atoms with van der Waals surface area (Å²) in [5.41, 5.74) is 3.27. The molecule has 0 fully saturated rings. The van der Waals surface area contributed by atoms with E-state index in [2.05, 4.69) is 35.4 Å². The normalized spacial score (nSPS) is 10.8. The number of carbonyl (C=O) groups is 1. The number of aryl methyl sites for hydroxylation is 1. The van der Waals surface area contributed by atoms with E-state index in [9.17, 15) is 4.79 Å². The molecule has 0 saturated heterocycles. The number of aromatic nitrogens is 1. The summed E-state index contributed by atoms with van der Waals surface area (Å²) in [6, 6.07) is 12.0. The number of ether oxygens (including phenoxy) is 2. The maximum atomic E-state index is 12.1. The molecule has 1 amide bonds. The number of fused-ring (bicyclic) bond motifs is 1. The van der Waals surface area contributed by atoms with Gasteiger partial charge in [0.15, 0.2) is 15.8 Å². The Kier molecular flexibility index (Phi) is 6.58. The largest absolute Gasteiger partial charge is 0.493 e. The summed E-state index contributed by atoms with van der Waals surface area (Å²) >= 11 is 3.10. The molecule has 0 spiro atoms. The van der Waals surface area contributed by atoms with E-state index in [0.29, 0.717) is 23.8 Å². The lowest BCUT2D eigenvalue weighted by molar-refractivity contribution is -0.118. The van der Waals surface area contributed by atoms with Crippen LogP contribution < -0.4 is 14.8 Å². The van der Waals surface area contributed by atoms with E-state index in [0.717, 1.165) is 26.5 Å². The number of nitrogens with one attached hydrogen (secondary N) is 1. The fraction of sp³-hybridized carbons (Fsp3) is 0.300. The summed E-state index contributed by atoms with van der Waals surface area (Å²) in [5, 5.41) is 2.96. The lowest BCUT2D eigenvalue weighted by Crippen LogP contribution is -2.27. The smallest absolute Gasteiger partial charge is 0.230 e. The van der Waals surface area contributed by atoms with Crippen molar-refractivity contribution in [3.8, 4) is 11.5 Å². The van der Waals surface area contributed by atoms with E-state index >= 15 is 0 Å². The standard InChI is InChI=1S/C20H22N2O3S2/c1-13-4-7-18-15(10-13)22-20(27-18)26-12-19(23)21-9-8-14-5-6-16(24-2)17(11-14)25-3/h4-7,10-11H,8-9,12H2,1-3H3,(H,21,23). The first-order valence-corrected chi connectivity index (χ1v) is 10.4. The molecule has 3 rings (SSSR count). The molecule has 1 heterocycles. The van der Waals surface area contributed by atoms with Crippen molar-refractivity contribution >= 4 is 39.2 Å². The third kappa shape index (κ3) is 5.14. The first-order chi connectivity index (χ1) is 13.1. The predicted octanol–water partition coefficient (Wildman–Crippen LogP) is 4.07. The molecule has 2 aromatic carbocycles. The number of thiazole rings is 1. The van der Waals surface area contributed by atoms with Crippen molar-refractivity contribution in [3.63, 3.8) is 0 Å². The zero-order valence-electron chi connectivity index (χ0n) is 15.6. The van der Waals surface area contributed by atoms with E-state index in [1.807, 2.05) is 18.2 Å². The van der Waals surface area contributed by atoms with Gasteiger partial charge in [0.25, 0.3) is 0 Å². The highest BCUT2D eigenvalue weighted by Crippen LogP contribution is 2.30. The van der Waals surface area contributed by atoms with Gasteiger partial charge in [0.1, 0.15) is 0 Å². The number of thioether (sulfide) groups is 1. The summed E-state index contributed by atoms with van der Waals surface area (Å²) in [6.07, 6.45) is 0.733. The van der Waals surface area contributed by atoms with Crippen LogP contribution in [-0.4, -0.2) is 37.4 Å². The summed E-state index contributed by atoms with van der Waals surface area (Å²) in [4.78, 5) is 16.7. The Morgan fingerprint density at radius 1 is 1.15 bits per heavy atom. The van der Waals surface area contributed by atoms with Crippen molar-refractivity contribution in [2.24, 2.45) is 0 Å². The topological polar surface area (TPSA) is 60.5 Å². The maximum Gasteiger partial charge on any atom is 0.230 e. The number of nitrogens with zero attached hydrogens (tertiary/aromatic N) is 1. The molecule has 0 unspecified atom stereocenters. The monoisotopic (exact) mass is 402 g/mol. The van der Waals surface area contributed by atoms with Gasteiger partial charge in [-0.15, -0.1) is 11.3 Å². The quantitative estimate of drug-likeness (QED) is 0.576. The van der Waals surface area contributed by atoms with Crippen molar-refractivity contribution in [2.75, 3.05) is 26.5 Å². The predicted molar refractivity (Wildman–Crippen MR) is 111 cm³/mol. The molecular weight excluding hydrogens is 380 g/mol. The third-order valence-electron chi connectivity index (χ3n) is 4.03. The molecule has 0 aliphatic rings. The Morgan fingerprint density at radius 3 is 2.74 bits per heavy atom. The Morgan fingerprint density at radius 2 is 1.96 bits per heavy atom. The first-order valence-electron chi connectivity index (χ1n) is 8.56. The van der Waals surface area contributed by atoms with Crippen LogP contribution in [0.1, 0.15) is 11.1 Å². The average molecular weight is 403 g/mol. The van der Waals surface area contributed by atoms with Gasteiger partial charge in [0.05, 0.1) is 30.2 Å². The molecule has 0 atom stereocenters. The van der Waals surface area contributed by atoms with Crippen LogP contribution in [0.5, 0.6) is 11.5 Å². The fourth-order valence-corrected chi connectivity index (χ4v) is 4.52. The maximum absolute atomic E-state index is 12.1. The molecule has 1 aromatic heterocycles. The Hall–Kier alpha value is -2.25. The second-order valence-electron chi connectivity index (χ2n) is 6.03. The van der Waals surface area contributed by atoms with Crippen molar-refractivity contribution in [2.45, 2.75) is 17.7 Å². The van der Waals surface area contributed by atoms with E-state index in [1.165, 1.54) is 17.3 Å². The van der Waals surface area contributed by atoms with Crippen molar-refractivity contribution in [3.05, 3.63) is 47.5 Å². The van der Waals surface area contributed by atoms with Crippen LogP contribution in [0, 0.1) is 6.92 Å². The first kappa shape index (κ1) is 19.5. The Bertz CT molecular complexity index is 940. The van der Waals surface area contributed by atoms with Gasteiger partial charge in [-0.2, -0.15) is 0 Å². The Balaban J connectivity index is 1.46. The lowest BCUT2D eigenvalue weighted by atomic mass is 10.1. The van der Waals surface area contributed by atoms with Gasteiger partial charge in [-0.3, -0.25) is 4.79 Å². The number of rotatable bonds is 8. The summed E-state index contributed by atoms with van der Waals surface area (Å²) in [5.74, 6) is 1.77. The van der Waals surface area contributed by atoms with Gasteiger partial charge < -0.3 is 14.8 Å². The van der Waals surface area contributed by atoms with Crippen LogP contribution in [-0.2, 0) is 11.2 Å². The summed E-state index contributed by atoms with van der Waals surface area (Å²) < 4.78 is 12.6. The number of amides is 1. The average Bonchev–Trinajstić information content (AvgIpc) is 3.08. The van der Waals surface area contributed by atoms with E-state index in [-0.39, 0.29) is 5.91 Å². The molecule has 5 nitrogen and oxygen atoms in total. The molecule has 27 heavy (non-hydrogen) atoms. The van der Waals surface area contributed by atoms with Crippen LogP contribution in [0.3, 0.4) is 0 Å². The van der Waals surface area contributed by atoms with E-state index in [1.54, 1.807) is 25.6 Å². The highest BCUT2D eigenvalue weighted by Gasteiger charge is 2.09. The molecule has 7 heteroatoms. The minimum absolute atomic E-state index is 0.0101. The van der Waals surface area contributed by atoms with Crippen LogP contribution in [0.4, 0.5) is 0 Å². The second-order valence-corrected chi connectivity index (χ2v) is 8.28. The molecule has 0 bridgehead atoms. The SMILES string of the molecule is COc1ccc(CCNC(=O)CSc2nc3cc(C)ccc3s2)cc1OC. The molecule has 1 N–H and O–H groups in total. The molecule has 142 valence electrons. The van der Waals surface area contributed by atoms with Gasteiger partial charge >= 0.3 is 0 Å². The number of benzene rings is 2. The number of hydrogen-bond acceptors (Lipinski definition) is 6. The van der Waals surface area contributed by atoms with Crippen LogP contribution in [0.2, 0.25) is 0 Å². The van der Waals surface area contributed by atoms with Crippen molar-refractivity contribution in [1.82, 2.24) is 10.3 Å². The minimum atomic E-state index is 0.0101. The van der Waals surface area contributed by atoms with E-state index in [4.69, 9.17) is 9.47 Å². The molecule has 0 radical (unpaired) electrons. The van der Waals surface area contributed by atoms with Gasteiger partial charge in [-0.25, -0.2) is 4.98 Å². The number of carbonyl (C=O) groups excluding carboxylic acids is 1. The minimum Gasteiger partial charge on any atom is -0.493 e. The van der Waals surface area contributed by atoms with Gasteiger partial charge in [-0.05, 0) is 48.7 Å². The van der Waals surface area contributed by atoms with Gasteiger partial charge in [-0.1, -0.05) is 23.9 Å². The summed E-state index contributed by atoms with van der Waals surface area (Å²) in [7, 11) is 3.23. The second kappa shape index (κ2) is 9.10. The zero-order valence-corrected chi connectivity index (χ0v) is 17.2. The number of hydrogen-bond donors (Lipinski definition) is 1. The highest BCUT2D eigenvalue weighted by atomic mass is 32.2. The van der Waals surface area contributed by atoms with Gasteiger partial charge in [0.2, 0.25) is 5.91 Å². The number of methoxy groups -OCH3 is 2. The van der Waals surface area contributed by atoms with Crippen LogP contribution in [0.15, 0.2) is 40.7 Å². The molecular formula is C20H22N2O3S2. The molecule has 3 aromatic rings. The molecule has 0 aliphatic heterocycles. The zero-order chi connectivity index (χ0) is 19.2. The molecule has 0 aliphatic carbocycles. The fourth-order valence-electron chi connectivity index (χ4n) is 2.64. The molecule has 0 saturated carbocycles. The highest BCUT2D eigenvalue weighted by molar-refractivity contribution is 8.01. The van der Waals surface area contributed by atoms with Gasteiger partial charge in [0, 0.05) is 6.54 Å². The van der Waals surface area contributed by atoms with Crippen molar-refractivity contribution in [1.29, 1.82) is 0 Å². The lowest BCUT2D eigenvalue weighted by Gasteiger charge is -2.10. The summed E-state index contributed by atoms with van der Waals surface area (Å²) in [6.45, 7) is 2.63. The van der Waals surface area contributed by atoms with E-state index < -0.39 is 0 Å². The van der Waals surface area contributed by atoms with Crippen LogP contribution >= 0.6 is 23.1 Å².